The molecule has 11 rings (SSSR count). The fourth-order valence-electron chi connectivity index (χ4n) is 8.57. The van der Waals surface area contributed by atoms with E-state index in [1.54, 1.807) is 0 Å². The minimum Gasteiger partial charge on any atom is -0.255 e. The first-order valence-corrected chi connectivity index (χ1v) is 19.6. The third-order valence-corrected chi connectivity index (χ3v) is 12.2. The van der Waals surface area contributed by atoms with Gasteiger partial charge in [-0.3, -0.25) is 9.97 Å². The molecule has 262 valence electrons. The summed E-state index contributed by atoms with van der Waals surface area (Å²) in [6.45, 7) is 0. The van der Waals surface area contributed by atoms with Crippen molar-refractivity contribution >= 4 is 11.8 Å². The molecule has 0 unspecified atom stereocenters. The highest BCUT2D eigenvalue weighted by atomic mass is 32.2. The summed E-state index contributed by atoms with van der Waals surface area (Å²) in [5.74, 6) is 0.706. The molecular weight excluding hydrogens is 701 g/mol. The van der Waals surface area contributed by atoms with E-state index < -0.39 is 5.41 Å². The second-order valence-electron chi connectivity index (χ2n) is 14.2. The smallest absolute Gasteiger partial charge is 0.160 e. The summed E-state index contributed by atoms with van der Waals surface area (Å²) in [5, 5.41) is 0. The van der Waals surface area contributed by atoms with Crippen molar-refractivity contribution in [2.75, 3.05) is 0 Å². The highest BCUT2D eigenvalue weighted by Gasteiger charge is 2.50. The van der Waals surface area contributed by atoms with Crippen molar-refractivity contribution < 1.29 is 0 Å². The third-order valence-electron chi connectivity index (χ3n) is 11.1. The summed E-state index contributed by atoms with van der Waals surface area (Å²) >= 11 is 1.85. The number of pyridine rings is 2. The van der Waals surface area contributed by atoms with Crippen molar-refractivity contribution in [2.24, 2.45) is 0 Å². The highest BCUT2D eigenvalue weighted by Crippen LogP contribution is 2.62. The maximum atomic E-state index is 5.25. The van der Waals surface area contributed by atoms with Crippen LogP contribution in [0.1, 0.15) is 22.3 Å². The lowest BCUT2D eigenvalue weighted by atomic mass is 9.66. The monoisotopic (exact) mass is 732 g/mol. The largest absolute Gasteiger partial charge is 0.255 e. The molecule has 5 heteroatoms. The zero-order chi connectivity index (χ0) is 37.1. The normalized spacial score (nSPS) is 13.1. The molecule has 4 nitrogen and oxygen atoms in total. The molecule has 9 aromatic rings. The van der Waals surface area contributed by atoms with Crippen LogP contribution in [0.2, 0.25) is 0 Å². The fraction of sp³-hybridized carbons (Fsp3) is 0.0196. The zero-order valence-corrected chi connectivity index (χ0v) is 31.0. The van der Waals surface area contributed by atoms with Gasteiger partial charge in [-0.25, -0.2) is 9.97 Å². The molecule has 0 atom stereocenters. The van der Waals surface area contributed by atoms with Crippen molar-refractivity contribution in [3.63, 3.8) is 0 Å². The number of nitrogens with zero attached hydrogens (tertiary/aromatic N) is 4. The summed E-state index contributed by atoms with van der Waals surface area (Å²) in [5.41, 5.74) is 15.9. The van der Waals surface area contributed by atoms with Crippen LogP contribution in [0.3, 0.4) is 0 Å². The second kappa shape index (κ2) is 13.1. The predicted octanol–water partition coefficient (Wildman–Crippen LogP) is 12.4. The lowest BCUT2D eigenvalue weighted by Gasteiger charge is -2.40. The van der Waals surface area contributed by atoms with E-state index in [1.807, 2.05) is 66.6 Å². The fourth-order valence-corrected chi connectivity index (χ4v) is 9.73. The Balaban J connectivity index is 1.15. The molecule has 0 saturated carbocycles. The number of rotatable bonds is 5. The van der Waals surface area contributed by atoms with Crippen molar-refractivity contribution in [1.82, 2.24) is 19.9 Å². The summed E-state index contributed by atoms with van der Waals surface area (Å²) in [6.07, 6.45) is 3.71. The molecule has 1 aliphatic heterocycles. The van der Waals surface area contributed by atoms with Gasteiger partial charge >= 0.3 is 0 Å². The predicted molar refractivity (Wildman–Crippen MR) is 226 cm³/mol. The van der Waals surface area contributed by atoms with Crippen LogP contribution in [-0.2, 0) is 5.41 Å². The first-order valence-electron chi connectivity index (χ1n) is 18.8. The van der Waals surface area contributed by atoms with Crippen LogP contribution in [0.15, 0.2) is 204 Å². The van der Waals surface area contributed by atoms with E-state index >= 15 is 0 Å². The second-order valence-corrected chi connectivity index (χ2v) is 15.3. The van der Waals surface area contributed by atoms with E-state index in [-0.39, 0.29) is 0 Å². The average molecular weight is 733 g/mol. The van der Waals surface area contributed by atoms with Crippen LogP contribution >= 0.6 is 11.8 Å². The molecule has 1 aliphatic carbocycles. The Labute approximate surface area is 329 Å². The Morgan fingerprint density at radius 1 is 0.339 bits per heavy atom. The van der Waals surface area contributed by atoms with Crippen molar-refractivity contribution in [3.05, 3.63) is 217 Å². The first kappa shape index (κ1) is 32.5. The van der Waals surface area contributed by atoms with E-state index in [2.05, 4.69) is 145 Å². The quantitative estimate of drug-likeness (QED) is 0.176. The maximum Gasteiger partial charge on any atom is 0.160 e. The van der Waals surface area contributed by atoms with E-state index in [9.17, 15) is 0 Å². The lowest BCUT2D eigenvalue weighted by Crippen LogP contribution is -2.32. The van der Waals surface area contributed by atoms with Gasteiger partial charge < -0.3 is 0 Å². The van der Waals surface area contributed by atoms with Gasteiger partial charge in [-0.1, -0.05) is 139 Å². The van der Waals surface area contributed by atoms with Gasteiger partial charge in [0.05, 0.1) is 28.2 Å². The zero-order valence-electron chi connectivity index (χ0n) is 30.2. The summed E-state index contributed by atoms with van der Waals surface area (Å²) in [6, 6.07) is 64.8. The lowest BCUT2D eigenvalue weighted by molar-refractivity contribution is 0.723. The Bertz CT molecular complexity index is 2840. The number of benzene rings is 6. The van der Waals surface area contributed by atoms with Crippen LogP contribution in [-0.4, -0.2) is 19.9 Å². The van der Waals surface area contributed by atoms with E-state index in [4.69, 9.17) is 15.0 Å². The average Bonchev–Trinajstić information content (AvgIpc) is 3.57. The topological polar surface area (TPSA) is 51.6 Å². The summed E-state index contributed by atoms with van der Waals surface area (Å²) < 4.78 is 0. The molecule has 6 aromatic carbocycles. The number of hydrogen-bond donors (Lipinski definition) is 0. The molecule has 4 heterocycles. The molecule has 0 saturated heterocycles. The van der Waals surface area contributed by atoms with Gasteiger partial charge in [0.1, 0.15) is 0 Å². The van der Waals surface area contributed by atoms with Crippen LogP contribution in [0.4, 0.5) is 0 Å². The molecule has 0 radical (unpaired) electrons. The molecular formula is C51H32N4S. The molecule has 1 spiro atoms. The minimum atomic E-state index is -0.566. The van der Waals surface area contributed by atoms with Gasteiger partial charge in [0.25, 0.3) is 0 Å². The molecule has 0 fully saturated rings. The molecule has 0 bridgehead atoms. The van der Waals surface area contributed by atoms with Crippen molar-refractivity contribution in [3.8, 4) is 67.5 Å². The molecule has 3 aromatic heterocycles. The SMILES string of the molecule is c1ccc(-c2cc(-c3ccc4c(c3)C3(c5cc(-c6ccnc(-c7ccccn7)c6)ccc5S4)c4ccccc4-c4ccccc43)nc(-c3ccccc3)n2)cc1. The number of aromatic nitrogens is 4. The van der Waals surface area contributed by atoms with Crippen LogP contribution in [0, 0.1) is 0 Å². The number of fused-ring (bicyclic) bond motifs is 9. The van der Waals surface area contributed by atoms with Gasteiger partial charge in [0.2, 0.25) is 0 Å². The molecule has 0 N–H and O–H groups in total. The molecule has 2 aliphatic rings. The Kier molecular flexibility index (Phi) is 7.61. The number of hydrogen-bond acceptors (Lipinski definition) is 5. The van der Waals surface area contributed by atoms with E-state index in [0.717, 1.165) is 50.6 Å². The van der Waals surface area contributed by atoms with Crippen LogP contribution < -0.4 is 0 Å². The third kappa shape index (κ3) is 5.16. The summed E-state index contributed by atoms with van der Waals surface area (Å²) in [4.78, 5) is 22.1. The molecule has 0 amide bonds. The molecule has 56 heavy (non-hydrogen) atoms. The van der Waals surface area contributed by atoms with Gasteiger partial charge in [0, 0.05) is 38.9 Å². The Morgan fingerprint density at radius 2 is 0.893 bits per heavy atom. The van der Waals surface area contributed by atoms with Crippen molar-refractivity contribution in [2.45, 2.75) is 15.2 Å². The van der Waals surface area contributed by atoms with Gasteiger partial charge in [-0.15, -0.1) is 0 Å². The van der Waals surface area contributed by atoms with Crippen LogP contribution in [0.25, 0.3) is 67.5 Å². The van der Waals surface area contributed by atoms with Gasteiger partial charge in [-0.2, -0.15) is 0 Å². The van der Waals surface area contributed by atoms with E-state index in [0.29, 0.717) is 5.82 Å². The standard InChI is InChI=1S/C51H32N4S/c1-3-13-33(14-4-1)45-32-46(55-50(54-45)34-15-5-2-6-16-34)37-23-25-49-43(30-37)51(40-19-9-7-17-38(40)39-18-8-10-20-41(39)51)42-29-35(22-24-48(42)56-49)36-26-28-53-47(31-36)44-21-11-12-27-52-44/h1-32H. The van der Waals surface area contributed by atoms with Crippen LogP contribution in [0.5, 0.6) is 0 Å². The Morgan fingerprint density at radius 3 is 1.57 bits per heavy atom. The van der Waals surface area contributed by atoms with Gasteiger partial charge in [0.15, 0.2) is 5.82 Å². The minimum absolute atomic E-state index is 0.566. The Hall–Kier alpha value is -6.95. The highest BCUT2D eigenvalue weighted by molar-refractivity contribution is 7.99. The van der Waals surface area contributed by atoms with E-state index in [1.165, 1.54) is 43.2 Å². The summed E-state index contributed by atoms with van der Waals surface area (Å²) in [7, 11) is 0. The van der Waals surface area contributed by atoms with Gasteiger partial charge in [-0.05, 0) is 99.1 Å². The van der Waals surface area contributed by atoms with Crippen molar-refractivity contribution in [1.29, 1.82) is 0 Å². The maximum absolute atomic E-state index is 5.25. The first-order chi connectivity index (χ1) is 27.7.